The molecule has 0 aliphatic heterocycles. The van der Waals surface area contributed by atoms with Gasteiger partial charge in [0.05, 0.1) is 32.7 Å². The number of carboxylic acids is 1. The van der Waals surface area contributed by atoms with Gasteiger partial charge in [0.15, 0.2) is 11.5 Å². The Kier molecular flexibility index (Phi) is 12.8. The maximum absolute atomic E-state index is 12.1. The average Bonchev–Trinajstić information content (AvgIpc) is 2.88. The van der Waals surface area contributed by atoms with Crippen LogP contribution in [0.25, 0.3) is 6.08 Å². The van der Waals surface area contributed by atoms with E-state index in [0.717, 1.165) is 24.8 Å². The van der Waals surface area contributed by atoms with Crippen molar-refractivity contribution in [3.63, 3.8) is 0 Å². The van der Waals surface area contributed by atoms with Crippen LogP contribution in [0.15, 0.2) is 42.2 Å². The molecular formula is C28H38O9S. The van der Waals surface area contributed by atoms with Crippen LogP contribution >= 0.6 is 0 Å². The summed E-state index contributed by atoms with van der Waals surface area (Å²) in [5.74, 6) is 0.373. The number of carbonyl (C=O) groups is 1. The summed E-state index contributed by atoms with van der Waals surface area (Å²) in [5, 5.41) is 9.34. The van der Waals surface area contributed by atoms with Gasteiger partial charge in [0, 0.05) is 12.5 Å². The Morgan fingerprint density at radius 1 is 0.921 bits per heavy atom. The van der Waals surface area contributed by atoms with E-state index in [2.05, 4.69) is 6.92 Å². The molecule has 0 saturated carbocycles. The van der Waals surface area contributed by atoms with Gasteiger partial charge in [-0.2, -0.15) is 8.42 Å². The van der Waals surface area contributed by atoms with Crippen LogP contribution in [0.3, 0.4) is 0 Å². The van der Waals surface area contributed by atoms with Gasteiger partial charge in [-0.3, -0.25) is 0 Å². The highest BCUT2D eigenvalue weighted by Gasteiger charge is 2.15. The first-order chi connectivity index (χ1) is 18.2. The Labute approximate surface area is 225 Å². The molecular weight excluding hydrogens is 512 g/mol. The van der Waals surface area contributed by atoms with Gasteiger partial charge in [0.2, 0.25) is 5.76 Å². The normalized spacial score (nSPS) is 11.6. The largest absolute Gasteiger partial charge is 0.496 e. The van der Waals surface area contributed by atoms with Crippen LogP contribution in [0.4, 0.5) is 0 Å². The maximum atomic E-state index is 12.1. The number of hydrogen-bond acceptors (Lipinski definition) is 8. The molecule has 0 saturated heterocycles. The number of aliphatic carboxylic acids is 1. The van der Waals surface area contributed by atoms with Gasteiger partial charge in [0.1, 0.15) is 11.5 Å². The van der Waals surface area contributed by atoms with E-state index in [1.165, 1.54) is 13.2 Å². The number of carboxylic acid groups (broad SMARTS) is 1. The minimum absolute atomic E-state index is 0.0398. The smallest absolute Gasteiger partial charge is 0.371 e. The van der Waals surface area contributed by atoms with Crippen molar-refractivity contribution < 1.29 is 41.4 Å². The van der Waals surface area contributed by atoms with Crippen LogP contribution in [-0.2, 0) is 26.1 Å². The summed E-state index contributed by atoms with van der Waals surface area (Å²) in [5.41, 5.74) is 1.43. The standard InChI is InChI=1S/C28H38O9S/c1-5-8-15-35-26-18-21(19-27(28(29)30)34-7-3)10-13-24(26)36-16-14-22-11-12-23(20-25(22)33-4)37-38(31,32)17-9-6-2/h10-13,18-20H,5-9,14-17H2,1-4H3,(H,29,30). The number of hydrogen-bond donors (Lipinski definition) is 1. The monoisotopic (exact) mass is 550 g/mol. The van der Waals surface area contributed by atoms with Crippen molar-refractivity contribution in [1.29, 1.82) is 0 Å². The van der Waals surface area contributed by atoms with Crippen molar-refractivity contribution in [3.05, 3.63) is 53.3 Å². The molecule has 9 nitrogen and oxygen atoms in total. The molecule has 0 radical (unpaired) electrons. The lowest BCUT2D eigenvalue weighted by atomic mass is 10.1. The van der Waals surface area contributed by atoms with Crippen LogP contribution < -0.4 is 18.4 Å². The second kappa shape index (κ2) is 15.8. The predicted molar refractivity (Wildman–Crippen MR) is 146 cm³/mol. The lowest BCUT2D eigenvalue weighted by molar-refractivity contribution is -0.136. The molecule has 0 bridgehead atoms. The summed E-state index contributed by atoms with van der Waals surface area (Å²) in [6.07, 6.45) is 5.03. The van der Waals surface area contributed by atoms with Gasteiger partial charge in [-0.1, -0.05) is 38.8 Å². The molecule has 0 aliphatic rings. The van der Waals surface area contributed by atoms with Crippen molar-refractivity contribution in [2.24, 2.45) is 0 Å². The Balaban J connectivity index is 2.15. The van der Waals surface area contributed by atoms with Gasteiger partial charge < -0.3 is 28.2 Å². The summed E-state index contributed by atoms with van der Waals surface area (Å²) in [6, 6.07) is 10.1. The molecule has 38 heavy (non-hydrogen) atoms. The first kappa shape index (κ1) is 30.8. The Morgan fingerprint density at radius 2 is 1.66 bits per heavy atom. The summed E-state index contributed by atoms with van der Waals surface area (Å²) < 4.78 is 52.0. The van der Waals surface area contributed by atoms with E-state index < -0.39 is 16.1 Å². The lowest BCUT2D eigenvalue weighted by Gasteiger charge is -2.15. The molecule has 0 aliphatic carbocycles. The van der Waals surface area contributed by atoms with Crippen molar-refractivity contribution >= 4 is 22.2 Å². The third-order valence-corrected chi connectivity index (χ3v) is 6.63. The SMILES string of the molecule is CCCCOc1cc(C=C(OCC)C(=O)O)ccc1OCCc1ccc(OS(=O)(=O)CCCC)cc1OC. The van der Waals surface area contributed by atoms with Crippen LogP contribution in [0.1, 0.15) is 57.6 Å². The fraction of sp³-hybridized carbons (Fsp3) is 0.464. The van der Waals surface area contributed by atoms with E-state index in [1.807, 2.05) is 6.92 Å². The minimum Gasteiger partial charge on any atom is -0.496 e. The maximum Gasteiger partial charge on any atom is 0.371 e. The Bertz CT molecular complexity index is 1170. The fourth-order valence-electron chi connectivity index (χ4n) is 3.41. The highest BCUT2D eigenvalue weighted by molar-refractivity contribution is 7.87. The van der Waals surface area contributed by atoms with E-state index >= 15 is 0 Å². The van der Waals surface area contributed by atoms with Crippen molar-refractivity contribution in [3.8, 4) is 23.0 Å². The molecule has 0 heterocycles. The van der Waals surface area contributed by atoms with Crippen LogP contribution in [0.2, 0.25) is 0 Å². The van der Waals surface area contributed by atoms with E-state index in [-0.39, 0.29) is 23.9 Å². The van der Waals surface area contributed by atoms with E-state index in [9.17, 15) is 18.3 Å². The Morgan fingerprint density at radius 3 is 2.32 bits per heavy atom. The van der Waals surface area contributed by atoms with Gasteiger partial charge >= 0.3 is 16.1 Å². The molecule has 2 rings (SSSR count). The third-order valence-electron chi connectivity index (χ3n) is 5.39. The topological polar surface area (TPSA) is 118 Å². The van der Waals surface area contributed by atoms with E-state index in [4.69, 9.17) is 23.1 Å². The predicted octanol–water partition coefficient (Wildman–Crippen LogP) is 5.47. The first-order valence-electron chi connectivity index (χ1n) is 12.8. The van der Waals surface area contributed by atoms with Crippen molar-refractivity contribution in [1.82, 2.24) is 0 Å². The molecule has 0 atom stereocenters. The highest BCUT2D eigenvalue weighted by Crippen LogP contribution is 2.31. The van der Waals surface area contributed by atoms with Gasteiger partial charge in [-0.25, -0.2) is 4.79 Å². The number of methoxy groups -OCH3 is 1. The van der Waals surface area contributed by atoms with Crippen LogP contribution in [0.5, 0.6) is 23.0 Å². The number of benzene rings is 2. The molecule has 10 heteroatoms. The zero-order valence-electron chi connectivity index (χ0n) is 22.5. The first-order valence-corrected chi connectivity index (χ1v) is 14.4. The number of rotatable bonds is 18. The quantitative estimate of drug-likeness (QED) is 0.112. The second-order valence-electron chi connectivity index (χ2n) is 8.43. The van der Waals surface area contributed by atoms with Gasteiger partial charge in [0.25, 0.3) is 0 Å². The highest BCUT2D eigenvalue weighted by atomic mass is 32.2. The minimum atomic E-state index is -3.66. The molecule has 2 aromatic carbocycles. The molecule has 1 N–H and O–H groups in total. The van der Waals surface area contributed by atoms with Crippen LogP contribution in [-0.4, -0.2) is 52.2 Å². The van der Waals surface area contributed by atoms with Crippen molar-refractivity contribution in [2.75, 3.05) is 32.7 Å². The zero-order valence-corrected chi connectivity index (χ0v) is 23.3. The van der Waals surface area contributed by atoms with Gasteiger partial charge in [-0.05, 0) is 55.2 Å². The van der Waals surface area contributed by atoms with Crippen LogP contribution in [0, 0.1) is 0 Å². The molecule has 0 fully saturated rings. The van der Waals surface area contributed by atoms with E-state index in [1.54, 1.807) is 43.3 Å². The summed E-state index contributed by atoms with van der Waals surface area (Å²) >= 11 is 0. The zero-order chi connectivity index (χ0) is 28.0. The van der Waals surface area contributed by atoms with Gasteiger partial charge in [-0.15, -0.1) is 0 Å². The molecule has 0 unspecified atom stereocenters. The lowest BCUT2D eigenvalue weighted by Crippen LogP contribution is -2.13. The third kappa shape index (κ3) is 10.2. The fourth-order valence-corrected chi connectivity index (χ4v) is 4.53. The second-order valence-corrected chi connectivity index (χ2v) is 10.1. The Hall–Kier alpha value is -3.40. The van der Waals surface area contributed by atoms with Crippen molar-refractivity contribution in [2.45, 2.75) is 52.9 Å². The molecule has 210 valence electrons. The van der Waals surface area contributed by atoms with E-state index in [0.29, 0.717) is 48.9 Å². The average molecular weight is 551 g/mol. The molecule has 0 spiro atoms. The molecule has 0 aromatic heterocycles. The summed E-state index contributed by atoms with van der Waals surface area (Å²) in [7, 11) is -2.15. The number of ether oxygens (including phenoxy) is 4. The molecule has 0 amide bonds. The number of unbranched alkanes of at least 4 members (excludes halogenated alkanes) is 2. The summed E-state index contributed by atoms with van der Waals surface area (Å²) in [4.78, 5) is 11.4. The molecule has 2 aromatic rings. The summed E-state index contributed by atoms with van der Waals surface area (Å²) in [6.45, 7) is 6.73.